The van der Waals surface area contributed by atoms with E-state index in [1.807, 2.05) is 0 Å². The first-order valence-electron chi connectivity index (χ1n) is 6.11. The zero-order chi connectivity index (χ0) is 11.2. The molecule has 90 valence electrons. The number of rotatable bonds is 5. The first-order valence-corrected chi connectivity index (χ1v) is 7.97. The molecule has 1 aliphatic heterocycles. The highest BCUT2D eigenvalue weighted by molar-refractivity contribution is 9.09. The molecule has 2 atom stereocenters. The largest absolute Gasteiger partial charge is 0.378 e. The van der Waals surface area contributed by atoms with Crippen LogP contribution in [0.3, 0.4) is 0 Å². The predicted molar refractivity (Wildman–Crippen MR) is 73.6 cm³/mol. The average molecular weight is 303 g/mol. The van der Waals surface area contributed by atoms with Crippen molar-refractivity contribution in [3.8, 4) is 0 Å². The average Bonchev–Trinajstić information content (AvgIpc) is 2.81. The van der Waals surface area contributed by atoms with E-state index < -0.39 is 0 Å². The molecule has 2 unspecified atom stereocenters. The zero-order valence-electron chi connectivity index (χ0n) is 9.53. The molecule has 1 saturated heterocycles. The summed E-state index contributed by atoms with van der Waals surface area (Å²) in [5.74, 6) is 0. The van der Waals surface area contributed by atoms with Crippen LogP contribution in [0.4, 0.5) is 0 Å². The molecule has 16 heavy (non-hydrogen) atoms. The Kier molecular flexibility index (Phi) is 5.33. The maximum absolute atomic E-state index is 5.74. The summed E-state index contributed by atoms with van der Waals surface area (Å²) in [5.41, 5.74) is 1.46. The molecule has 2 heterocycles. The van der Waals surface area contributed by atoms with E-state index in [0.29, 0.717) is 10.9 Å². The van der Waals surface area contributed by atoms with Gasteiger partial charge in [-0.15, -0.1) is 0 Å². The summed E-state index contributed by atoms with van der Waals surface area (Å²) in [6, 6.07) is 2.22. The lowest BCUT2D eigenvalue weighted by atomic mass is 10.0. The molecule has 2 rings (SSSR count). The Morgan fingerprint density at radius 2 is 2.44 bits per heavy atom. The van der Waals surface area contributed by atoms with E-state index >= 15 is 0 Å². The van der Waals surface area contributed by atoms with Crippen molar-refractivity contribution in [2.75, 3.05) is 6.61 Å². The highest BCUT2D eigenvalue weighted by atomic mass is 79.9. The maximum Gasteiger partial charge on any atom is 0.0575 e. The minimum atomic E-state index is 0.524. The Balaban J connectivity index is 1.65. The van der Waals surface area contributed by atoms with Gasteiger partial charge in [0, 0.05) is 11.4 Å². The minimum absolute atomic E-state index is 0.524. The van der Waals surface area contributed by atoms with Crippen LogP contribution >= 0.6 is 27.3 Å². The van der Waals surface area contributed by atoms with Gasteiger partial charge in [0.25, 0.3) is 0 Å². The summed E-state index contributed by atoms with van der Waals surface area (Å²) in [5, 5.41) is 4.39. The second-order valence-corrected chi connectivity index (χ2v) is 6.57. The number of halogens is 1. The molecule has 0 bridgehead atoms. The smallest absolute Gasteiger partial charge is 0.0575 e. The van der Waals surface area contributed by atoms with Gasteiger partial charge in [-0.3, -0.25) is 0 Å². The van der Waals surface area contributed by atoms with Crippen molar-refractivity contribution in [2.45, 2.75) is 49.5 Å². The van der Waals surface area contributed by atoms with Gasteiger partial charge in [-0.2, -0.15) is 11.3 Å². The molecule has 1 nitrogen and oxygen atoms in total. The standard InChI is InChI=1S/C13H19BrOS/c14-12(9-11-6-8-16-10-11)4-5-13-3-1-2-7-15-13/h6,8,10,12-13H,1-5,7,9H2. The maximum atomic E-state index is 5.74. The van der Waals surface area contributed by atoms with Crippen molar-refractivity contribution >= 4 is 27.3 Å². The van der Waals surface area contributed by atoms with Crippen molar-refractivity contribution in [1.29, 1.82) is 0 Å². The third-order valence-corrected chi connectivity index (χ3v) is 4.63. The first-order chi connectivity index (χ1) is 7.84. The van der Waals surface area contributed by atoms with Crippen LogP contribution in [0.15, 0.2) is 16.8 Å². The molecule has 0 saturated carbocycles. The summed E-state index contributed by atoms with van der Waals surface area (Å²) in [4.78, 5) is 0.604. The lowest BCUT2D eigenvalue weighted by Gasteiger charge is -2.23. The van der Waals surface area contributed by atoms with Crippen LogP contribution in [0, 0.1) is 0 Å². The quantitative estimate of drug-likeness (QED) is 0.732. The lowest BCUT2D eigenvalue weighted by molar-refractivity contribution is 0.0102. The molecule has 1 aromatic heterocycles. The predicted octanol–water partition coefficient (Wildman–Crippen LogP) is 4.40. The van der Waals surface area contributed by atoms with E-state index in [4.69, 9.17) is 4.74 Å². The van der Waals surface area contributed by atoms with Gasteiger partial charge in [0.05, 0.1) is 6.10 Å². The van der Waals surface area contributed by atoms with E-state index in [1.165, 1.54) is 37.7 Å². The van der Waals surface area contributed by atoms with Crippen LogP contribution in [0.25, 0.3) is 0 Å². The second kappa shape index (κ2) is 6.77. The molecule has 1 aliphatic rings. The molecule has 1 fully saturated rings. The van der Waals surface area contributed by atoms with Crippen LogP contribution < -0.4 is 0 Å². The Morgan fingerprint density at radius 3 is 3.12 bits per heavy atom. The second-order valence-electron chi connectivity index (χ2n) is 4.50. The highest BCUT2D eigenvalue weighted by Crippen LogP contribution is 2.22. The third kappa shape index (κ3) is 4.19. The molecule has 0 radical (unpaired) electrons. The van der Waals surface area contributed by atoms with E-state index in [-0.39, 0.29) is 0 Å². The van der Waals surface area contributed by atoms with E-state index in [2.05, 4.69) is 32.8 Å². The molecule has 0 aromatic carbocycles. The molecule has 1 aromatic rings. The van der Waals surface area contributed by atoms with Crippen LogP contribution in [0.1, 0.15) is 37.7 Å². The van der Waals surface area contributed by atoms with Crippen molar-refractivity contribution in [2.24, 2.45) is 0 Å². The molecular formula is C13H19BrOS. The lowest BCUT2D eigenvalue weighted by Crippen LogP contribution is -2.20. The van der Waals surface area contributed by atoms with Crippen LogP contribution in [0.5, 0.6) is 0 Å². The van der Waals surface area contributed by atoms with Gasteiger partial charge in [-0.05, 0) is 60.9 Å². The van der Waals surface area contributed by atoms with E-state index in [9.17, 15) is 0 Å². The van der Waals surface area contributed by atoms with Gasteiger partial charge in [0.15, 0.2) is 0 Å². The number of hydrogen-bond donors (Lipinski definition) is 0. The summed E-state index contributed by atoms with van der Waals surface area (Å²) in [6.45, 7) is 0.974. The number of thiophene rings is 1. The van der Waals surface area contributed by atoms with Crippen molar-refractivity contribution in [1.82, 2.24) is 0 Å². The van der Waals surface area contributed by atoms with E-state index in [1.54, 1.807) is 11.3 Å². The Bertz CT molecular complexity index is 280. The molecule has 0 N–H and O–H groups in total. The number of hydrogen-bond acceptors (Lipinski definition) is 2. The third-order valence-electron chi connectivity index (χ3n) is 3.11. The van der Waals surface area contributed by atoms with E-state index in [0.717, 1.165) is 13.0 Å². The fourth-order valence-electron chi connectivity index (χ4n) is 2.17. The summed E-state index contributed by atoms with van der Waals surface area (Å²) < 4.78 is 5.74. The van der Waals surface area contributed by atoms with Crippen molar-refractivity contribution < 1.29 is 4.74 Å². The number of ether oxygens (including phenoxy) is 1. The molecule has 0 aliphatic carbocycles. The van der Waals surface area contributed by atoms with Gasteiger partial charge in [-0.1, -0.05) is 15.9 Å². The minimum Gasteiger partial charge on any atom is -0.378 e. The van der Waals surface area contributed by atoms with Crippen molar-refractivity contribution in [3.05, 3.63) is 22.4 Å². The van der Waals surface area contributed by atoms with Gasteiger partial charge in [0.1, 0.15) is 0 Å². The molecule has 3 heteroatoms. The van der Waals surface area contributed by atoms with Gasteiger partial charge < -0.3 is 4.74 Å². The topological polar surface area (TPSA) is 9.23 Å². The fraction of sp³-hybridized carbons (Fsp3) is 0.692. The van der Waals surface area contributed by atoms with Crippen LogP contribution in [0.2, 0.25) is 0 Å². The summed E-state index contributed by atoms with van der Waals surface area (Å²) in [7, 11) is 0. The first kappa shape index (κ1) is 12.6. The molecule has 0 amide bonds. The van der Waals surface area contributed by atoms with Gasteiger partial charge >= 0.3 is 0 Å². The monoisotopic (exact) mass is 302 g/mol. The molecule has 0 spiro atoms. The van der Waals surface area contributed by atoms with Crippen LogP contribution in [-0.4, -0.2) is 17.5 Å². The fourth-order valence-corrected chi connectivity index (χ4v) is 3.49. The Hall–Kier alpha value is 0.140. The highest BCUT2D eigenvalue weighted by Gasteiger charge is 2.15. The SMILES string of the molecule is BrC(CCC1CCCCO1)Cc1ccsc1. The number of alkyl halides is 1. The summed E-state index contributed by atoms with van der Waals surface area (Å²) in [6.07, 6.45) is 7.97. The normalized spacial score (nSPS) is 23.2. The Morgan fingerprint density at radius 1 is 1.50 bits per heavy atom. The molecular weight excluding hydrogens is 284 g/mol. The van der Waals surface area contributed by atoms with Gasteiger partial charge in [0.2, 0.25) is 0 Å². The summed E-state index contributed by atoms with van der Waals surface area (Å²) >= 11 is 5.56. The Labute approximate surface area is 110 Å². The van der Waals surface area contributed by atoms with Crippen molar-refractivity contribution in [3.63, 3.8) is 0 Å². The van der Waals surface area contributed by atoms with Crippen LogP contribution in [-0.2, 0) is 11.2 Å². The zero-order valence-corrected chi connectivity index (χ0v) is 11.9. The van der Waals surface area contributed by atoms with Gasteiger partial charge in [-0.25, -0.2) is 0 Å².